The number of nitrogens with one attached hydrogen (secondary N) is 2. The van der Waals surface area contributed by atoms with E-state index in [9.17, 15) is 4.79 Å². The van der Waals surface area contributed by atoms with Crippen molar-refractivity contribution in [1.82, 2.24) is 5.32 Å². The molecule has 0 aliphatic carbocycles. The third-order valence-corrected chi connectivity index (χ3v) is 3.70. The largest absolute Gasteiger partial charge is 0.497 e. The number of esters is 1. The average molecular weight is 374 g/mol. The molecule has 7 heteroatoms. The van der Waals surface area contributed by atoms with Crippen LogP contribution in [-0.2, 0) is 4.74 Å². The van der Waals surface area contributed by atoms with E-state index in [1.165, 1.54) is 7.11 Å². The lowest BCUT2D eigenvalue weighted by Crippen LogP contribution is -2.39. The zero-order valence-electron chi connectivity index (χ0n) is 14.9. The summed E-state index contributed by atoms with van der Waals surface area (Å²) in [7, 11) is 2.97. The van der Waals surface area contributed by atoms with E-state index in [0.29, 0.717) is 23.0 Å². The van der Waals surface area contributed by atoms with Crippen LogP contribution >= 0.6 is 12.2 Å². The monoisotopic (exact) mass is 374 g/mol. The summed E-state index contributed by atoms with van der Waals surface area (Å²) in [5.41, 5.74) is 1.16. The summed E-state index contributed by atoms with van der Waals surface area (Å²) in [6, 6.07) is 14.3. The smallest absolute Gasteiger partial charge is 0.337 e. The lowest BCUT2D eigenvalue weighted by molar-refractivity contribution is 0.0601. The molecule has 2 N–H and O–H groups in total. The van der Waals surface area contributed by atoms with Crippen molar-refractivity contribution in [3.8, 4) is 11.5 Å². The van der Waals surface area contributed by atoms with Crippen molar-refractivity contribution in [2.75, 3.05) is 26.1 Å². The van der Waals surface area contributed by atoms with Crippen LogP contribution < -0.4 is 20.1 Å². The van der Waals surface area contributed by atoms with Gasteiger partial charge < -0.3 is 24.8 Å². The molecule has 2 aromatic carbocycles. The van der Waals surface area contributed by atoms with Crippen LogP contribution in [0.25, 0.3) is 0 Å². The molecule has 1 unspecified atom stereocenters. The van der Waals surface area contributed by atoms with E-state index in [2.05, 4.69) is 10.6 Å². The van der Waals surface area contributed by atoms with E-state index in [4.69, 9.17) is 26.4 Å². The van der Waals surface area contributed by atoms with Crippen molar-refractivity contribution in [3.63, 3.8) is 0 Å². The maximum absolute atomic E-state index is 11.6. The van der Waals surface area contributed by atoms with E-state index in [-0.39, 0.29) is 6.04 Å². The van der Waals surface area contributed by atoms with Gasteiger partial charge in [0.15, 0.2) is 5.11 Å². The lowest BCUT2D eigenvalue weighted by atomic mass is 10.2. The molecule has 2 aromatic rings. The Morgan fingerprint density at radius 1 is 1.12 bits per heavy atom. The van der Waals surface area contributed by atoms with Gasteiger partial charge in [0.05, 0.1) is 25.8 Å². The number of rotatable bonds is 7. The van der Waals surface area contributed by atoms with Crippen LogP contribution in [0.4, 0.5) is 5.69 Å². The Morgan fingerprint density at radius 3 is 2.46 bits per heavy atom. The van der Waals surface area contributed by atoms with Crippen LogP contribution in [0.1, 0.15) is 17.3 Å². The van der Waals surface area contributed by atoms with Crippen LogP contribution in [0.3, 0.4) is 0 Å². The third kappa shape index (κ3) is 5.93. The predicted molar refractivity (Wildman–Crippen MR) is 105 cm³/mol. The Kier molecular flexibility index (Phi) is 7.23. The van der Waals surface area contributed by atoms with E-state index in [1.807, 2.05) is 37.3 Å². The number of hydrogen-bond acceptors (Lipinski definition) is 5. The molecular weight excluding hydrogens is 352 g/mol. The van der Waals surface area contributed by atoms with Crippen LogP contribution in [-0.4, -0.2) is 38.0 Å². The number of benzene rings is 2. The Bertz CT molecular complexity index is 749. The number of ether oxygens (including phenoxy) is 3. The van der Waals surface area contributed by atoms with Gasteiger partial charge in [0.2, 0.25) is 0 Å². The van der Waals surface area contributed by atoms with E-state index < -0.39 is 5.97 Å². The number of carbonyl (C=O) groups excluding carboxylic acids is 1. The Morgan fingerprint density at radius 2 is 1.81 bits per heavy atom. The zero-order valence-corrected chi connectivity index (χ0v) is 15.8. The van der Waals surface area contributed by atoms with E-state index in [0.717, 1.165) is 11.5 Å². The Balaban J connectivity index is 1.82. The van der Waals surface area contributed by atoms with Gasteiger partial charge in [-0.1, -0.05) is 6.07 Å². The van der Waals surface area contributed by atoms with Crippen molar-refractivity contribution in [3.05, 3.63) is 54.1 Å². The SMILES string of the molecule is COC(=O)c1cccc(NC(=S)NC(C)COc2ccc(OC)cc2)c1. The molecule has 0 fully saturated rings. The molecule has 0 spiro atoms. The van der Waals surface area contributed by atoms with E-state index in [1.54, 1.807) is 25.3 Å². The highest BCUT2D eigenvalue weighted by molar-refractivity contribution is 7.80. The lowest BCUT2D eigenvalue weighted by Gasteiger charge is -2.18. The summed E-state index contributed by atoms with van der Waals surface area (Å²) in [5, 5.41) is 6.63. The highest BCUT2D eigenvalue weighted by Gasteiger charge is 2.08. The van der Waals surface area contributed by atoms with Gasteiger partial charge in [-0.15, -0.1) is 0 Å². The predicted octanol–water partition coefficient (Wildman–Crippen LogP) is 3.24. The second-order valence-corrected chi connectivity index (χ2v) is 5.97. The van der Waals surface area contributed by atoms with Crippen molar-refractivity contribution in [2.24, 2.45) is 0 Å². The molecular formula is C19H22N2O4S. The van der Waals surface area contributed by atoms with Crippen molar-refractivity contribution in [1.29, 1.82) is 0 Å². The first-order chi connectivity index (χ1) is 12.5. The normalized spacial score (nSPS) is 11.2. The van der Waals surface area contributed by atoms with Crippen molar-refractivity contribution in [2.45, 2.75) is 13.0 Å². The molecule has 6 nitrogen and oxygen atoms in total. The third-order valence-electron chi connectivity index (χ3n) is 3.48. The van der Waals surface area contributed by atoms with Crippen LogP contribution in [0.15, 0.2) is 48.5 Å². The first-order valence-electron chi connectivity index (χ1n) is 8.04. The van der Waals surface area contributed by atoms with E-state index >= 15 is 0 Å². The quantitative estimate of drug-likeness (QED) is 0.570. The number of hydrogen-bond donors (Lipinski definition) is 2. The zero-order chi connectivity index (χ0) is 18.9. The minimum absolute atomic E-state index is 0.0131. The van der Waals surface area contributed by atoms with Gasteiger partial charge in [0, 0.05) is 5.69 Å². The standard InChI is InChI=1S/C19H22N2O4S/c1-13(12-25-17-9-7-16(23-2)8-10-17)20-19(26)21-15-6-4-5-14(11-15)18(22)24-3/h4-11,13H,12H2,1-3H3,(H2,20,21,26). The summed E-state index contributed by atoms with van der Waals surface area (Å²) in [5.74, 6) is 1.14. The van der Waals surface area contributed by atoms with Gasteiger partial charge in [0.25, 0.3) is 0 Å². The molecule has 0 amide bonds. The summed E-state index contributed by atoms with van der Waals surface area (Å²) < 4.78 is 15.5. The second kappa shape index (κ2) is 9.62. The fourth-order valence-corrected chi connectivity index (χ4v) is 2.49. The van der Waals surface area contributed by atoms with Gasteiger partial charge in [0.1, 0.15) is 18.1 Å². The molecule has 0 saturated carbocycles. The molecule has 0 radical (unpaired) electrons. The first kappa shape index (κ1) is 19.5. The van der Waals surface area contributed by atoms with Crippen LogP contribution in [0.5, 0.6) is 11.5 Å². The first-order valence-corrected chi connectivity index (χ1v) is 8.45. The molecule has 0 aliphatic rings. The molecule has 0 heterocycles. The average Bonchev–Trinajstić information content (AvgIpc) is 2.66. The molecule has 0 bridgehead atoms. The summed E-state index contributed by atoms with van der Waals surface area (Å²) in [6.07, 6.45) is 0. The number of thiocarbonyl (C=S) groups is 1. The molecule has 1 atom stereocenters. The summed E-state index contributed by atoms with van der Waals surface area (Å²) in [4.78, 5) is 11.6. The minimum atomic E-state index is -0.395. The number of carbonyl (C=O) groups is 1. The van der Waals surface area contributed by atoms with Gasteiger partial charge in [-0.3, -0.25) is 0 Å². The van der Waals surface area contributed by atoms with Crippen molar-refractivity contribution < 1.29 is 19.0 Å². The van der Waals surface area contributed by atoms with Crippen molar-refractivity contribution >= 4 is 29.0 Å². The minimum Gasteiger partial charge on any atom is -0.497 e. The fraction of sp³-hybridized carbons (Fsp3) is 0.263. The molecule has 0 aliphatic heterocycles. The highest BCUT2D eigenvalue weighted by atomic mass is 32.1. The highest BCUT2D eigenvalue weighted by Crippen LogP contribution is 2.17. The van der Waals surface area contributed by atoms with Crippen LogP contribution in [0, 0.1) is 0 Å². The topological polar surface area (TPSA) is 68.8 Å². The number of anilines is 1. The van der Waals surface area contributed by atoms with Gasteiger partial charge >= 0.3 is 5.97 Å². The maximum atomic E-state index is 11.6. The van der Waals surface area contributed by atoms with Gasteiger partial charge in [-0.2, -0.15) is 0 Å². The van der Waals surface area contributed by atoms with Crippen LogP contribution in [0.2, 0.25) is 0 Å². The molecule has 138 valence electrons. The Labute approximate surface area is 158 Å². The maximum Gasteiger partial charge on any atom is 0.337 e. The molecule has 26 heavy (non-hydrogen) atoms. The Hall–Kier alpha value is -2.80. The molecule has 0 aromatic heterocycles. The van der Waals surface area contributed by atoms with Gasteiger partial charge in [-0.25, -0.2) is 4.79 Å². The molecule has 2 rings (SSSR count). The summed E-state index contributed by atoms with van der Waals surface area (Å²) >= 11 is 5.30. The van der Waals surface area contributed by atoms with Gasteiger partial charge in [-0.05, 0) is 61.6 Å². The number of methoxy groups -OCH3 is 2. The fourth-order valence-electron chi connectivity index (χ4n) is 2.17. The summed E-state index contributed by atoms with van der Waals surface area (Å²) in [6.45, 7) is 2.40. The second-order valence-electron chi connectivity index (χ2n) is 5.56. The molecule has 0 saturated heterocycles.